The molecule has 8 heteroatoms. The van der Waals surface area contributed by atoms with E-state index in [4.69, 9.17) is 20.4 Å². The van der Waals surface area contributed by atoms with Gasteiger partial charge in [0, 0.05) is 27.8 Å². The third-order valence-corrected chi connectivity index (χ3v) is 4.83. The zero-order valence-electron chi connectivity index (χ0n) is 15.6. The smallest absolute Gasteiger partial charge is 0.283 e. The Labute approximate surface area is 175 Å². The number of para-hydroxylation sites is 1. The van der Waals surface area contributed by atoms with Crippen molar-refractivity contribution in [2.75, 3.05) is 5.32 Å². The van der Waals surface area contributed by atoms with E-state index in [1.165, 1.54) is 0 Å². The molecule has 148 valence electrons. The molecular weight excluding hydrogens is 404 g/mol. The average Bonchev–Trinajstić information content (AvgIpc) is 3.48. The lowest BCUT2D eigenvalue weighted by Gasteiger charge is -2.07. The fourth-order valence-corrected chi connectivity index (χ4v) is 3.49. The summed E-state index contributed by atoms with van der Waals surface area (Å²) in [4.78, 5) is 12.6. The van der Waals surface area contributed by atoms with Crippen molar-refractivity contribution in [2.45, 2.75) is 6.54 Å². The standard InChI is InChI=1S/C22H15ClN4O3/c23-14-5-3-6-15(11-14)24-20(28)13-27-12-17(16-7-1-2-8-18(16)27)21-25-26-22(30-21)19-9-4-10-29-19/h1-12H,13H2,(H,24,28). The van der Waals surface area contributed by atoms with Crippen LogP contribution in [0.1, 0.15) is 0 Å². The van der Waals surface area contributed by atoms with Gasteiger partial charge in [-0.15, -0.1) is 10.2 Å². The van der Waals surface area contributed by atoms with Crippen LogP contribution >= 0.6 is 11.6 Å². The predicted octanol–water partition coefficient (Wildman–Crippen LogP) is 5.24. The number of hydrogen-bond donors (Lipinski definition) is 1. The summed E-state index contributed by atoms with van der Waals surface area (Å²) in [5, 5.41) is 12.5. The Morgan fingerprint density at radius 3 is 2.73 bits per heavy atom. The Bertz CT molecular complexity index is 1340. The second-order valence-corrected chi connectivity index (χ2v) is 7.07. The molecule has 0 aliphatic rings. The molecule has 3 heterocycles. The van der Waals surface area contributed by atoms with Crippen molar-refractivity contribution in [3.63, 3.8) is 0 Å². The minimum atomic E-state index is -0.175. The van der Waals surface area contributed by atoms with Gasteiger partial charge in [-0.05, 0) is 36.4 Å². The highest BCUT2D eigenvalue weighted by Gasteiger charge is 2.18. The van der Waals surface area contributed by atoms with E-state index in [1.807, 2.05) is 35.0 Å². The molecule has 5 rings (SSSR count). The van der Waals surface area contributed by atoms with E-state index in [9.17, 15) is 4.79 Å². The average molecular weight is 419 g/mol. The Balaban J connectivity index is 1.46. The molecule has 0 aliphatic carbocycles. The van der Waals surface area contributed by atoms with Gasteiger partial charge in [0.1, 0.15) is 6.54 Å². The largest absolute Gasteiger partial charge is 0.459 e. The summed E-state index contributed by atoms with van der Waals surface area (Å²) in [6.45, 7) is 0.117. The van der Waals surface area contributed by atoms with Crippen molar-refractivity contribution in [1.82, 2.24) is 14.8 Å². The number of aromatic nitrogens is 3. The summed E-state index contributed by atoms with van der Waals surface area (Å²) in [5.74, 6) is 0.974. The molecule has 30 heavy (non-hydrogen) atoms. The highest BCUT2D eigenvalue weighted by molar-refractivity contribution is 6.30. The number of carbonyl (C=O) groups excluding carboxylic acids is 1. The maximum Gasteiger partial charge on any atom is 0.283 e. The number of benzene rings is 2. The second-order valence-electron chi connectivity index (χ2n) is 6.64. The van der Waals surface area contributed by atoms with Gasteiger partial charge in [-0.25, -0.2) is 0 Å². The number of nitrogens with one attached hydrogen (secondary N) is 1. The molecule has 7 nitrogen and oxygen atoms in total. The first-order valence-corrected chi connectivity index (χ1v) is 9.56. The maximum absolute atomic E-state index is 12.6. The Morgan fingerprint density at radius 2 is 1.90 bits per heavy atom. The van der Waals surface area contributed by atoms with Gasteiger partial charge >= 0.3 is 0 Å². The quantitative estimate of drug-likeness (QED) is 0.421. The third kappa shape index (κ3) is 3.46. The molecule has 1 amide bonds. The van der Waals surface area contributed by atoms with Gasteiger partial charge in [0.25, 0.3) is 5.89 Å². The lowest BCUT2D eigenvalue weighted by Crippen LogP contribution is -2.18. The number of halogens is 1. The molecule has 0 bridgehead atoms. The van der Waals surface area contributed by atoms with Crippen LogP contribution < -0.4 is 5.32 Å². The molecule has 5 aromatic rings. The summed E-state index contributed by atoms with van der Waals surface area (Å²) < 4.78 is 13.0. The lowest BCUT2D eigenvalue weighted by atomic mass is 10.2. The van der Waals surface area contributed by atoms with Crippen LogP contribution in [-0.2, 0) is 11.3 Å². The first-order chi connectivity index (χ1) is 14.7. The van der Waals surface area contributed by atoms with Crippen LogP contribution in [0.25, 0.3) is 34.0 Å². The van der Waals surface area contributed by atoms with E-state index in [0.29, 0.717) is 28.3 Å². The maximum atomic E-state index is 12.6. The molecule has 0 saturated heterocycles. The van der Waals surface area contributed by atoms with Crippen molar-refractivity contribution in [3.8, 4) is 23.1 Å². The molecule has 0 unspecified atom stereocenters. The van der Waals surface area contributed by atoms with Crippen molar-refractivity contribution in [3.05, 3.63) is 78.1 Å². The number of furan rings is 1. The van der Waals surface area contributed by atoms with Gasteiger partial charge in [-0.3, -0.25) is 4.79 Å². The van der Waals surface area contributed by atoms with Crippen LogP contribution in [0.5, 0.6) is 0 Å². The molecule has 0 fully saturated rings. The molecule has 3 aromatic heterocycles. The number of hydrogen-bond acceptors (Lipinski definition) is 5. The van der Waals surface area contributed by atoms with Crippen molar-refractivity contribution in [1.29, 1.82) is 0 Å². The molecule has 2 aromatic carbocycles. The van der Waals surface area contributed by atoms with Gasteiger partial charge in [0.05, 0.1) is 11.8 Å². The zero-order valence-corrected chi connectivity index (χ0v) is 16.3. The van der Waals surface area contributed by atoms with Crippen molar-refractivity contribution >= 4 is 34.1 Å². The highest BCUT2D eigenvalue weighted by atomic mass is 35.5. The van der Waals surface area contributed by atoms with E-state index in [0.717, 1.165) is 16.5 Å². The van der Waals surface area contributed by atoms with Crippen LogP contribution in [-0.4, -0.2) is 20.7 Å². The van der Waals surface area contributed by atoms with Gasteiger partial charge < -0.3 is 18.7 Å². The first kappa shape index (κ1) is 18.2. The monoisotopic (exact) mass is 418 g/mol. The predicted molar refractivity (Wildman–Crippen MR) is 113 cm³/mol. The minimum absolute atomic E-state index is 0.117. The molecule has 1 N–H and O–H groups in total. The fourth-order valence-electron chi connectivity index (χ4n) is 3.30. The molecular formula is C22H15ClN4O3. The van der Waals surface area contributed by atoms with Crippen LogP contribution in [0.3, 0.4) is 0 Å². The summed E-state index contributed by atoms with van der Waals surface area (Å²) in [6.07, 6.45) is 3.38. The number of amides is 1. The normalized spacial score (nSPS) is 11.1. The number of fused-ring (bicyclic) bond motifs is 1. The van der Waals surface area contributed by atoms with Gasteiger partial charge in [0.15, 0.2) is 5.76 Å². The minimum Gasteiger partial charge on any atom is -0.459 e. The van der Waals surface area contributed by atoms with Gasteiger partial charge in [-0.1, -0.05) is 35.9 Å². The fraction of sp³-hybridized carbons (Fsp3) is 0.0455. The topological polar surface area (TPSA) is 86.1 Å². The van der Waals surface area contributed by atoms with Crippen molar-refractivity contribution in [2.24, 2.45) is 0 Å². The van der Waals surface area contributed by atoms with Crippen LogP contribution in [0.15, 0.2) is 82.0 Å². The zero-order chi connectivity index (χ0) is 20.5. The molecule has 0 atom stereocenters. The van der Waals surface area contributed by atoms with Crippen LogP contribution in [0.4, 0.5) is 5.69 Å². The molecule has 0 saturated carbocycles. The molecule has 0 aliphatic heterocycles. The summed E-state index contributed by atoms with van der Waals surface area (Å²) >= 11 is 5.99. The SMILES string of the molecule is O=C(Cn1cc(-c2nnc(-c3ccco3)o2)c2ccccc21)Nc1cccc(Cl)c1. The van der Waals surface area contributed by atoms with E-state index < -0.39 is 0 Å². The lowest BCUT2D eigenvalue weighted by molar-refractivity contribution is -0.116. The Hall–Kier alpha value is -3.84. The molecule has 0 spiro atoms. The number of anilines is 1. The summed E-state index contributed by atoms with van der Waals surface area (Å²) in [6, 6.07) is 18.3. The van der Waals surface area contributed by atoms with Crippen LogP contribution in [0.2, 0.25) is 5.02 Å². The molecule has 0 radical (unpaired) electrons. The summed E-state index contributed by atoms with van der Waals surface area (Å²) in [5.41, 5.74) is 2.27. The van der Waals surface area contributed by atoms with Gasteiger partial charge in [0.2, 0.25) is 11.8 Å². The Kier molecular flexibility index (Phi) is 4.57. The van der Waals surface area contributed by atoms with Crippen molar-refractivity contribution < 1.29 is 13.6 Å². The van der Waals surface area contributed by atoms with E-state index in [1.54, 1.807) is 42.7 Å². The van der Waals surface area contributed by atoms with E-state index in [2.05, 4.69) is 15.5 Å². The van der Waals surface area contributed by atoms with Crippen LogP contribution in [0, 0.1) is 0 Å². The number of carbonyl (C=O) groups is 1. The number of nitrogens with zero attached hydrogens (tertiary/aromatic N) is 3. The highest BCUT2D eigenvalue weighted by Crippen LogP contribution is 2.31. The van der Waals surface area contributed by atoms with E-state index >= 15 is 0 Å². The van der Waals surface area contributed by atoms with E-state index in [-0.39, 0.29) is 12.5 Å². The first-order valence-electron chi connectivity index (χ1n) is 9.18. The summed E-state index contributed by atoms with van der Waals surface area (Å²) in [7, 11) is 0. The van der Waals surface area contributed by atoms with Gasteiger partial charge in [-0.2, -0.15) is 0 Å². The Morgan fingerprint density at radius 1 is 1.03 bits per heavy atom. The second kappa shape index (κ2) is 7.53. The number of rotatable bonds is 5. The third-order valence-electron chi connectivity index (χ3n) is 4.60.